The Kier molecular flexibility index (Phi) is 42.2. The van der Waals surface area contributed by atoms with E-state index in [9.17, 15) is 78.3 Å². The highest BCUT2D eigenvalue weighted by Crippen LogP contribution is 2.33. The molecule has 0 bridgehead atoms. The zero-order chi connectivity index (χ0) is 88.1. The number of hydrogen-bond donors (Lipinski definition) is 9. The van der Waals surface area contributed by atoms with Crippen LogP contribution in [0.2, 0.25) is 0 Å². The summed E-state index contributed by atoms with van der Waals surface area (Å²) < 4.78 is 64.4. The highest BCUT2D eigenvalue weighted by atomic mass is 16.7. The van der Waals surface area contributed by atoms with Gasteiger partial charge in [-0.25, -0.2) is 14.3 Å². The lowest BCUT2D eigenvalue weighted by atomic mass is 9.85. The molecule has 0 saturated carbocycles. The van der Waals surface area contributed by atoms with Crippen LogP contribution in [-0.4, -0.2) is 308 Å². The number of rotatable bonds is 55. The summed E-state index contributed by atoms with van der Waals surface area (Å²) in [6, 6.07) is 15.2. The number of nitrogens with two attached hydrogens (primary N) is 1. The number of allylic oxidation sites excluding steroid dienone is 1. The highest BCUT2D eigenvalue weighted by Gasteiger charge is 2.49. The van der Waals surface area contributed by atoms with Gasteiger partial charge in [0.1, 0.15) is 54.2 Å². The molecular weight excluding hydrogens is 1570 g/mol. The van der Waals surface area contributed by atoms with Gasteiger partial charge in [0, 0.05) is 88.6 Å². The van der Waals surface area contributed by atoms with Crippen molar-refractivity contribution in [2.75, 3.05) is 121 Å². The number of aliphatic hydroxyl groups is 3. The molecule has 2 saturated heterocycles. The number of ketones is 2. The van der Waals surface area contributed by atoms with Crippen molar-refractivity contribution in [3.8, 4) is 5.75 Å². The Morgan fingerprint density at radius 1 is 0.675 bits per heavy atom. The van der Waals surface area contributed by atoms with Crippen molar-refractivity contribution in [1.29, 1.82) is 0 Å². The molecule has 7 amide bonds. The fourth-order valence-corrected chi connectivity index (χ4v) is 13.9. The van der Waals surface area contributed by atoms with Crippen molar-refractivity contribution in [1.82, 2.24) is 45.6 Å². The molecule has 37 nitrogen and oxygen atoms in total. The molecule has 10 N–H and O–H groups in total. The number of likely N-dealkylation sites (N-methyl/N-ethyl adjacent to an activating group) is 2. The minimum absolute atomic E-state index is 0.0113. The number of ether oxygens (including phenoxy) is 11. The Bertz CT molecular complexity index is 3960. The van der Waals surface area contributed by atoms with Gasteiger partial charge in [-0.05, 0) is 79.0 Å². The molecule has 2 aliphatic heterocycles. The Morgan fingerprint density at radius 3 is 1.84 bits per heavy atom. The fraction of sp³-hybridized carbons (Fsp3) is 0.602. The molecule has 664 valence electrons. The number of benzene rings is 3. The predicted octanol–water partition coefficient (Wildman–Crippen LogP) is 2.79. The van der Waals surface area contributed by atoms with Crippen LogP contribution in [-0.2, 0) is 107 Å². The number of nitrogens with zero attached hydrogens (tertiary/aromatic N) is 6. The molecule has 120 heavy (non-hydrogen) atoms. The summed E-state index contributed by atoms with van der Waals surface area (Å²) in [6.07, 6.45) is -7.51. The molecular formula is C83H120N10O27. The second-order valence-electron chi connectivity index (χ2n) is 30.0. The summed E-state index contributed by atoms with van der Waals surface area (Å²) in [5.74, 6) is -10.1. The number of carbonyl (C=O) groups excluding carboxylic acids is 9. The molecule has 14 atom stereocenters. The van der Waals surface area contributed by atoms with Crippen LogP contribution in [0.4, 0.5) is 4.79 Å². The smallest absolute Gasteiger partial charge is 0.410 e. The van der Waals surface area contributed by atoms with Gasteiger partial charge in [-0.3, -0.25) is 48.1 Å². The Labute approximate surface area is 698 Å². The first kappa shape index (κ1) is 99.0. The van der Waals surface area contributed by atoms with E-state index >= 15 is 0 Å². The molecule has 0 aliphatic carbocycles. The van der Waals surface area contributed by atoms with Crippen LogP contribution in [0.1, 0.15) is 128 Å². The largest absolute Gasteiger partial charge is 0.481 e. The van der Waals surface area contributed by atoms with Crippen LogP contribution < -0.4 is 26.4 Å². The number of aromatic nitrogens is 3. The first-order valence-corrected chi connectivity index (χ1v) is 40.2. The van der Waals surface area contributed by atoms with Crippen molar-refractivity contribution in [2.24, 2.45) is 35.3 Å². The molecule has 0 radical (unpaired) electrons. The van der Waals surface area contributed by atoms with E-state index in [2.05, 4.69) is 26.3 Å². The van der Waals surface area contributed by atoms with Gasteiger partial charge < -0.3 is 109 Å². The number of likely N-dealkylation sites (tertiary alicyclic amines) is 1. The van der Waals surface area contributed by atoms with Gasteiger partial charge in [0.15, 0.2) is 11.9 Å². The Hall–Kier alpha value is -9.77. The van der Waals surface area contributed by atoms with Crippen molar-refractivity contribution in [3.63, 3.8) is 0 Å². The highest BCUT2D eigenvalue weighted by molar-refractivity contribution is 6.08. The maximum atomic E-state index is 15.0. The third-order valence-electron chi connectivity index (χ3n) is 20.7. The summed E-state index contributed by atoms with van der Waals surface area (Å²) in [5, 5.41) is 68.3. The van der Waals surface area contributed by atoms with E-state index in [1.807, 2.05) is 32.0 Å². The molecule has 2 fully saturated rings. The number of amides is 7. The van der Waals surface area contributed by atoms with E-state index in [0.29, 0.717) is 82.2 Å². The van der Waals surface area contributed by atoms with E-state index in [1.54, 1.807) is 69.6 Å². The van der Waals surface area contributed by atoms with Gasteiger partial charge in [-0.1, -0.05) is 103 Å². The molecule has 2 aliphatic rings. The van der Waals surface area contributed by atoms with Crippen molar-refractivity contribution >= 4 is 65.0 Å². The maximum absolute atomic E-state index is 15.0. The quantitative estimate of drug-likeness (QED) is 0.0174. The minimum atomic E-state index is -2.05. The molecule has 0 spiro atoms. The van der Waals surface area contributed by atoms with Crippen molar-refractivity contribution in [3.05, 3.63) is 125 Å². The zero-order valence-corrected chi connectivity index (χ0v) is 70.1. The third kappa shape index (κ3) is 30.7. The number of nitrogens with one attached hydrogen (secondary N) is 3. The van der Waals surface area contributed by atoms with E-state index in [1.165, 1.54) is 68.6 Å². The van der Waals surface area contributed by atoms with E-state index in [-0.39, 0.29) is 119 Å². The molecule has 3 heterocycles. The van der Waals surface area contributed by atoms with Crippen molar-refractivity contribution in [2.45, 2.75) is 174 Å². The lowest BCUT2D eigenvalue weighted by Gasteiger charge is -2.41. The molecule has 1 aromatic heterocycles. The second-order valence-corrected chi connectivity index (χ2v) is 30.0. The monoisotopic (exact) mass is 1690 g/mol. The first-order chi connectivity index (χ1) is 57.3. The van der Waals surface area contributed by atoms with Crippen LogP contribution in [0, 0.1) is 29.6 Å². The predicted molar refractivity (Wildman–Crippen MR) is 429 cm³/mol. The van der Waals surface area contributed by atoms with Crippen LogP contribution in [0.3, 0.4) is 0 Å². The lowest BCUT2D eigenvalue weighted by molar-refractivity contribution is -0.271. The average molecular weight is 1690 g/mol. The summed E-state index contributed by atoms with van der Waals surface area (Å²) in [7, 11) is 5.80. The zero-order valence-electron chi connectivity index (χ0n) is 70.1. The standard InChI is InChI=1S/C83H120N10O27/c1-12-52(6)70(65(110-10)46-67(97)93-30-16-19-61(93)74(111-11)53(7)63(95)45-58(80(105)106)43-54-17-14-13-15-18-54)90(8)79(104)68(50(2)3)87-78(103)69(51(4)5)91(9)83(109)118-48-59-44-57(24-26-64(59)119-82-73(100)71(98)72(99)75(120-82)81(107)108)77(102)86-29-33-113-35-38-115-40-37-114-34-31-92-47-60(88-89-92)49-117-42-41-116-39-36-112-32-28-85-76(101)56-22-20-55(21-23-56)62(94)25-27-66(84)96/h13-15,17-18,20-27,44,47,50-53,58,61,65,68-75,82,98-100H,12,16,19,28-43,45-46,48-49H2,1-11H3,(H2,84,96)(H,85,101)(H,86,102)(H,87,103)(H,105,106)(H,107,108)/b27-25+/t52?,53-,58?,61-,65+,68-,69-,70-,71-,72-,73+,74+,75-,82?/m0/s1. The van der Waals surface area contributed by atoms with Crippen LogP contribution in [0.5, 0.6) is 5.75 Å². The van der Waals surface area contributed by atoms with Gasteiger partial charge >= 0.3 is 18.0 Å². The molecule has 4 aromatic rings. The van der Waals surface area contributed by atoms with E-state index in [0.717, 1.165) is 22.6 Å². The fourth-order valence-electron chi connectivity index (χ4n) is 13.9. The van der Waals surface area contributed by atoms with E-state index in [4.69, 9.17) is 57.8 Å². The molecule has 37 heteroatoms. The molecule has 3 unspecified atom stereocenters. The number of methoxy groups -OCH3 is 2. The summed E-state index contributed by atoms with van der Waals surface area (Å²) >= 11 is 0. The summed E-state index contributed by atoms with van der Waals surface area (Å²) in [5.41, 5.74) is 7.05. The van der Waals surface area contributed by atoms with Gasteiger partial charge in [-0.2, -0.15) is 0 Å². The molecule has 3 aromatic carbocycles. The Balaban J connectivity index is 0.941. The second kappa shape index (κ2) is 51.1. The number of aliphatic carboxylic acids is 2. The SMILES string of the molecule is CCC(C)[C@@H]([C@@H](CC(=O)N1CCC[C@H]1[C@H](OC)[C@@H](C)C(=O)CC(Cc1ccccc1)C(=O)O)OC)N(C)C(=O)[C@@H](NC(=O)[C@H](C(C)C)N(C)C(=O)OCc1cc(C(=O)NCCOCCOCCOCCn2cc(COCCOCCOCCNC(=O)c3ccc(C(=O)/C=C/C(N)=O)cc3)nn2)ccc1OC1O[C@H](C(=O)O)[C@@H](O)[C@H](O)[C@H]1O)C(C)C. The first-order valence-electron chi connectivity index (χ1n) is 40.2. The van der Waals surface area contributed by atoms with E-state index < -0.39 is 145 Å². The minimum Gasteiger partial charge on any atom is -0.481 e. The number of carboxylic acid groups (broad SMARTS) is 2. The number of primary amides is 1. The number of hydrogen-bond acceptors (Lipinski definition) is 27. The van der Waals surface area contributed by atoms with Crippen LogP contribution in [0.15, 0.2) is 91.1 Å². The van der Waals surface area contributed by atoms with Gasteiger partial charge in [0.2, 0.25) is 29.9 Å². The summed E-state index contributed by atoms with van der Waals surface area (Å²) in [6.45, 7) is 15.8. The van der Waals surface area contributed by atoms with Crippen LogP contribution in [0.25, 0.3) is 0 Å². The number of Topliss-reactive ketones (excluding diaryl/α,β-unsaturated/α-hetero) is 1. The topological polar surface area (TPSA) is 493 Å². The Morgan fingerprint density at radius 2 is 1.27 bits per heavy atom. The number of carbonyl (C=O) groups is 11. The van der Waals surface area contributed by atoms with Gasteiger partial charge in [0.25, 0.3) is 11.8 Å². The third-order valence-corrected chi connectivity index (χ3v) is 20.7. The van der Waals surface area contributed by atoms with Crippen molar-refractivity contribution < 1.29 is 130 Å². The lowest BCUT2D eigenvalue weighted by Crippen LogP contribution is -2.61. The number of carboxylic acids is 2. The summed E-state index contributed by atoms with van der Waals surface area (Å²) in [4.78, 5) is 150. The molecule has 6 rings (SSSR count). The van der Waals surface area contributed by atoms with Gasteiger partial charge in [0.05, 0.1) is 129 Å². The average Bonchev–Trinajstić information content (AvgIpc) is 1.02. The normalized spacial score (nSPS) is 18.7. The van der Waals surface area contributed by atoms with Crippen LogP contribution >= 0.6 is 0 Å². The number of aliphatic hydroxyl groups excluding tert-OH is 3. The maximum Gasteiger partial charge on any atom is 0.410 e. The van der Waals surface area contributed by atoms with Gasteiger partial charge in [-0.15, -0.1) is 5.10 Å².